The normalized spacial score (nSPS) is 15.0. The Morgan fingerprint density at radius 1 is 1.05 bits per heavy atom. The van der Waals surface area contributed by atoms with Crippen LogP contribution in [0.1, 0.15) is 35.6 Å². The van der Waals surface area contributed by atoms with Gasteiger partial charge in [-0.3, -0.25) is 4.79 Å². The van der Waals surface area contributed by atoms with Gasteiger partial charge in [-0.05, 0) is 48.4 Å². The molecule has 2 aromatic rings. The number of rotatable bonds is 4. The molecule has 0 saturated heterocycles. The van der Waals surface area contributed by atoms with E-state index in [0.717, 1.165) is 24.1 Å². The first-order valence-corrected chi connectivity index (χ1v) is 7.79. The Kier molecular flexibility index (Phi) is 4.54. The summed E-state index contributed by atoms with van der Waals surface area (Å²) in [6, 6.07) is 15.8. The van der Waals surface area contributed by atoms with Gasteiger partial charge in [0.05, 0.1) is 0 Å². The van der Waals surface area contributed by atoms with Crippen molar-refractivity contribution in [3.63, 3.8) is 0 Å². The summed E-state index contributed by atoms with van der Waals surface area (Å²) in [5.41, 5.74) is 4.44. The Labute approximate surface area is 131 Å². The van der Waals surface area contributed by atoms with Gasteiger partial charge in [-0.2, -0.15) is 0 Å². The largest absolute Gasteiger partial charge is 0.367 e. The molecule has 3 heteroatoms. The molecule has 0 aliphatic heterocycles. The van der Waals surface area contributed by atoms with Crippen LogP contribution in [-0.2, 0) is 22.4 Å². The number of aryl methyl sites for hydroxylation is 1. The molecule has 1 N–H and O–H groups in total. The molecule has 3 rings (SSSR count). The molecule has 0 bridgehead atoms. The van der Waals surface area contributed by atoms with E-state index in [1.807, 2.05) is 42.5 Å². The van der Waals surface area contributed by atoms with Gasteiger partial charge in [0.15, 0.2) is 6.10 Å². The predicted octanol–water partition coefficient (Wildman–Crippen LogP) is 3.89. The third kappa shape index (κ3) is 3.04. The minimum absolute atomic E-state index is 0.118. The number of anilines is 1. The summed E-state index contributed by atoms with van der Waals surface area (Å²) in [6.07, 6.45) is 3.97. The molecule has 0 fully saturated rings. The Bertz CT molecular complexity index is 652. The van der Waals surface area contributed by atoms with E-state index in [1.54, 1.807) is 7.11 Å². The Hall–Kier alpha value is -2.13. The third-order valence-corrected chi connectivity index (χ3v) is 4.23. The summed E-state index contributed by atoms with van der Waals surface area (Å²) >= 11 is 0. The van der Waals surface area contributed by atoms with Gasteiger partial charge in [-0.15, -0.1) is 0 Å². The number of benzene rings is 2. The smallest absolute Gasteiger partial charge is 0.258 e. The highest BCUT2D eigenvalue weighted by Gasteiger charge is 2.22. The van der Waals surface area contributed by atoms with E-state index in [9.17, 15) is 4.79 Å². The number of carbonyl (C=O) groups excluding carboxylic acids is 1. The summed E-state index contributed by atoms with van der Waals surface area (Å²) < 4.78 is 5.40. The van der Waals surface area contributed by atoms with Crippen molar-refractivity contribution in [3.8, 4) is 0 Å². The second-order valence-electron chi connectivity index (χ2n) is 5.67. The molecule has 1 unspecified atom stereocenters. The van der Waals surface area contributed by atoms with E-state index in [2.05, 4.69) is 11.4 Å². The predicted molar refractivity (Wildman–Crippen MR) is 87.9 cm³/mol. The summed E-state index contributed by atoms with van der Waals surface area (Å²) in [4.78, 5) is 12.6. The zero-order chi connectivity index (χ0) is 15.4. The molecule has 3 nitrogen and oxygen atoms in total. The van der Waals surface area contributed by atoms with Crippen molar-refractivity contribution < 1.29 is 9.53 Å². The van der Waals surface area contributed by atoms with Gasteiger partial charge in [0.2, 0.25) is 0 Å². The molecule has 1 atom stereocenters. The zero-order valence-electron chi connectivity index (χ0n) is 12.8. The molecule has 22 heavy (non-hydrogen) atoms. The highest BCUT2D eigenvalue weighted by atomic mass is 16.5. The highest BCUT2D eigenvalue weighted by molar-refractivity contribution is 5.95. The summed E-state index contributed by atoms with van der Waals surface area (Å²) in [5, 5.41) is 3.06. The van der Waals surface area contributed by atoms with Crippen LogP contribution in [0.15, 0.2) is 48.5 Å². The Morgan fingerprint density at radius 2 is 1.82 bits per heavy atom. The van der Waals surface area contributed by atoms with Gasteiger partial charge >= 0.3 is 0 Å². The molecule has 0 spiro atoms. The quantitative estimate of drug-likeness (QED) is 0.929. The number of fused-ring (bicyclic) bond motifs is 1. The van der Waals surface area contributed by atoms with Crippen LogP contribution >= 0.6 is 0 Å². The van der Waals surface area contributed by atoms with E-state index in [1.165, 1.54) is 24.0 Å². The van der Waals surface area contributed by atoms with E-state index in [0.29, 0.717) is 0 Å². The molecule has 0 heterocycles. The number of methoxy groups -OCH3 is 1. The molecule has 1 aliphatic rings. The number of hydrogen-bond donors (Lipinski definition) is 1. The van der Waals surface area contributed by atoms with Crippen molar-refractivity contribution in [3.05, 3.63) is 65.2 Å². The second kappa shape index (κ2) is 6.75. The van der Waals surface area contributed by atoms with Gasteiger partial charge in [0, 0.05) is 12.8 Å². The fourth-order valence-corrected chi connectivity index (χ4v) is 3.12. The van der Waals surface area contributed by atoms with Crippen LogP contribution in [-0.4, -0.2) is 13.0 Å². The molecule has 1 amide bonds. The molecule has 0 radical (unpaired) electrons. The van der Waals surface area contributed by atoms with E-state index < -0.39 is 6.10 Å². The molecule has 0 saturated carbocycles. The van der Waals surface area contributed by atoms with E-state index in [-0.39, 0.29) is 5.91 Å². The first kappa shape index (κ1) is 14.8. The maximum Gasteiger partial charge on any atom is 0.258 e. The molecule has 2 aromatic carbocycles. The van der Waals surface area contributed by atoms with Crippen LogP contribution in [0.3, 0.4) is 0 Å². The number of nitrogens with one attached hydrogen (secondary N) is 1. The maximum absolute atomic E-state index is 12.6. The molecule has 1 aliphatic carbocycles. The summed E-state index contributed by atoms with van der Waals surface area (Å²) in [7, 11) is 1.57. The summed E-state index contributed by atoms with van der Waals surface area (Å²) in [5.74, 6) is -0.118. The molecular weight excluding hydrogens is 274 g/mol. The fraction of sp³-hybridized carbons (Fsp3) is 0.316. The van der Waals surface area contributed by atoms with Crippen molar-refractivity contribution in [1.29, 1.82) is 0 Å². The van der Waals surface area contributed by atoms with Crippen LogP contribution in [0.5, 0.6) is 0 Å². The number of carbonyl (C=O) groups is 1. The zero-order valence-corrected chi connectivity index (χ0v) is 12.8. The van der Waals surface area contributed by atoms with Gasteiger partial charge in [-0.25, -0.2) is 0 Å². The first-order chi connectivity index (χ1) is 10.8. The third-order valence-electron chi connectivity index (χ3n) is 4.23. The van der Waals surface area contributed by atoms with Crippen LogP contribution in [0.2, 0.25) is 0 Å². The molecule has 0 aromatic heterocycles. The highest BCUT2D eigenvalue weighted by Crippen LogP contribution is 2.29. The van der Waals surface area contributed by atoms with Crippen molar-refractivity contribution >= 4 is 11.6 Å². The van der Waals surface area contributed by atoms with Gasteiger partial charge in [0.25, 0.3) is 5.91 Å². The van der Waals surface area contributed by atoms with E-state index in [4.69, 9.17) is 4.74 Å². The van der Waals surface area contributed by atoms with Crippen LogP contribution < -0.4 is 5.32 Å². The van der Waals surface area contributed by atoms with Gasteiger partial charge in [0.1, 0.15) is 0 Å². The topological polar surface area (TPSA) is 38.3 Å². The monoisotopic (exact) mass is 295 g/mol. The molecule has 114 valence electrons. The van der Waals surface area contributed by atoms with Crippen molar-refractivity contribution in [2.45, 2.75) is 31.8 Å². The fourth-order valence-electron chi connectivity index (χ4n) is 3.12. The first-order valence-electron chi connectivity index (χ1n) is 7.79. The maximum atomic E-state index is 12.6. The standard InChI is InChI=1S/C19H21NO2/c1-22-18(15-9-3-2-4-10-15)19(21)20-17-13-7-11-14-8-5-6-12-16(14)17/h2-4,7,9-11,13,18H,5-6,8,12H2,1H3,(H,20,21). The minimum atomic E-state index is -0.583. The Balaban J connectivity index is 1.82. The average molecular weight is 295 g/mol. The van der Waals surface area contributed by atoms with Crippen molar-refractivity contribution in [2.24, 2.45) is 0 Å². The minimum Gasteiger partial charge on any atom is -0.367 e. The average Bonchev–Trinajstić information content (AvgIpc) is 2.57. The lowest BCUT2D eigenvalue weighted by Crippen LogP contribution is -2.23. The number of hydrogen-bond acceptors (Lipinski definition) is 2. The lowest BCUT2D eigenvalue weighted by molar-refractivity contribution is -0.126. The van der Waals surface area contributed by atoms with Gasteiger partial charge in [-0.1, -0.05) is 42.5 Å². The number of ether oxygens (including phenoxy) is 1. The van der Waals surface area contributed by atoms with Crippen LogP contribution in [0, 0.1) is 0 Å². The van der Waals surface area contributed by atoms with Crippen molar-refractivity contribution in [2.75, 3.05) is 12.4 Å². The lowest BCUT2D eigenvalue weighted by Gasteiger charge is -2.21. The number of amides is 1. The van der Waals surface area contributed by atoms with Crippen molar-refractivity contribution in [1.82, 2.24) is 0 Å². The SMILES string of the molecule is COC(C(=O)Nc1cccc2c1CCCC2)c1ccccc1. The Morgan fingerprint density at radius 3 is 2.59 bits per heavy atom. The molecular formula is C19H21NO2. The van der Waals surface area contributed by atoms with Crippen LogP contribution in [0.25, 0.3) is 0 Å². The van der Waals surface area contributed by atoms with Crippen LogP contribution in [0.4, 0.5) is 5.69 Å². The summed E-state index contributed by atoms with van der Waals surface area (Å²) in [6.45, 7) is 0. The van der Waals surface area contributed by atoms with Gasteiger partial charge < -0.3 is 10.1 Å². The van der Waals surface area contributed by atoms with E-state index >= 15 is 0 Å². The second-order valence-corrected chi connectivity index (χ2v) is 5.67. The lowest BCUT2D eigenvalue weighted by atomic mass is 9.90.